The van der Waals surface area contributed by atoms with E-state index in [-0.39, 0.29) is 5.91 Å². The maximum Gasteiger partial charge on any atom is 0.252 e. The number of amides is 1. The van der Waals surface area contributed by atoms with E-state index in [4.69, 9.17) is 21.1 Å². The second-order valence-electron chi connectivity index (χ2n) is 3.36. The second kappa shape index (κ2) is 8.42. The van der Waals surface area contributed by atoms with E-state index in [1.165, 1.54) is 6.20 Å². The van der Waals surface area contributed by atoms with Gasteiger partial charge < -0.3 is 14.8 Å². The molecule has 0 unspecified atom stereocenters. The van der Waals surface area contributed by atoms with Gasteiger partial charge in [-0.25, -0.2) is 4.98 Å². The Labute approximate surface area is 119 Å². The third-order valence-electron chi connectivity index (χ3n) is 2.02. The minimum Gasteiger partial charge on any atom is -0.382 e. The first-order valence-electron chi connectivity index (χ1n) is 5.31. The van der Waals surface area contributed by atoms with Crippen molar-refractivity contribution in [3.05, 3.63) is 27.5 Å². The quantitative estimate of drug-likeness (QED) is 0.610. The summed E-state index contributed by atoms with van der Waals surface area (Å²) in [6.07, 6.45) is 1.42. The van der Waals surface area contributed by atoms with Gasteiger partial charge in [0.25, 0.3) is 5.91 Å². The Hall–Kier alpha value is -0.690. The lowest BCUT2D eigenvalue weighted by Gasteiger charge is -2.06. The first-order chi connectivity index (χ1) is 8.65. The lowest BCUT2D eigenvalue weighted by molar-refractivity contribution is 0.0692. The summed E-state index contributed by atoms with van der Waals surface area (Å²) in [5, 5.41) is 3.04. The molecule has 0 aromatic carbocycles. The van der Waals surface area contributed by atoms with Crippen LogP contribution in [0.4, 0.5) is 0 Å². The normalized spacial score (nSPS) is 10.4. The largest absolute Gasteiger partial charge is 0.382 e. The molecule has 0 spiro atoms. The number of rotatable bonds is 7. The van der Waals surface area contributed by atoms with Gasteiger partial charge in [0.05, 0.1) is 29.9 Å². The number of halogens is 2. The van der Waals surface area contributed by atoms with Crippen LogP contribution in [0.5, 0.6) is 0 Å². The molecule has 0 fully saturated rings. The molecule has 1 aromatic heterocycles. The number of methoxy groups -OCH3 is 1. The fourth-order valence-corrected chi connectivity index (χ4v) is 1.58. The number of nitrogens with zero attached hydrogens (tertiary/aromatic N) is 1. The Balaban J connectivity index is 2.30. The summed E-state index contributed by atoms with van der Waals surface area (Å²) < 4.78 is 10.6. The van der Waals surface area contributed by atoms with Gasteiger partial charge in [0.1, 0.15) is 5.15 Å². The molecule has 1 rings (SSSR count). The first-order valence-corrected chi connectivity index (χ1v) is 6.48. The molecule has 7 heteroatoms. The molecular weight excluding hydrogens is 323 g/mol. The van der Waals surface area contributed by atoms with Crippen LogP contribution in [0.3, 0.4) is 0 Å². The summed E-state index contributed by atoms with van der Waals surface area (Å²) in [6, 6.07) is 1.62. The zero-order chi connectivity index (χ0) is 13.4. The Bertz CT molecular complexity index is 404. The highest BCUT2D eigenvalue weighted by Gasteiger charge is 2.07. The first kappa shape index (κ1) is 15.4. The highest BCUT2D eigenvalue weighted by molar-refractivity contribution is 9.10. The van der Waals surface area contributed by atoms with E-state index in [9.17, 15) is 4.79 Å². The topological polar surface area (TPSA) is 60.5 Å². The summed E-state index contributed by atoms with van der Waals surface area (Å²) in [7, 11) is 1.61. The molecule has 5 nitrogen and oxygen atoms in total. The number of hydrogen-bond donors (Lipinski definition) is 1. The highest BCUT2D eigenvalue weighted by atomic mass is 79.9. The number of nitrogens with one attached hydrogen (secondary N) is 1. The predicted molar refractivity (Wildman–Crippen MR) is 72.0 cm³/mol. The molecule has 18 heavy (non-hydrogen) atoms. The molecular formula is C11H14BrClN2O3. The summed E-state index contributed by atoms with van der Waals surface area (Å²) in [5.41, 5.74) is 0.447. The van der Waals surface area contributed by atoms with Crippen molar-refractivity contribution in [3.63, 3.8) is 0 Å². The van der Waals surface area contributed by atoms with Gasteiger partial charge in [0, 0.05) is 19.9 Å². The number of aromatic nitrogens is 1. The molecule has 0 aliphatic heterocycles. The van der Waals surface area contributed by atoms with Crippen molar-refractivity contribution in [2.24, 2.45) is 0 Å². The summed E-state index contributed by atoms with van der Waals surface area (Å²) >= 11 is 8.95. The zero-order valence-electron chi connectivity index (χ0n) is 9.91. The van der Waals surface area contributed by atoms with Crippen molar-refractivity contribution < 1.29 is 14.3 Å². The van der Waals surface area contributed by atoms with Gasteiger partial charge in [0.2, 0.25) is 0 Å². The monoisotopic (exact) mass is 336 g/mol. The van der Waals surface area contributed by atoms with Crippen LogP contribution in [0.2, 0.25) is 5.15 Å². The summed E-state index contributed by atoms with van der Waals surface area (Å²) in [5.74, 6) is -0.213. The lowest BCUT2D eigenvalue weighted by atomic mass is 10.3. The molecule has 0 radical (unpaired) electrons. The van der Waals surface area contributed by atoms with Crippen molar-refractivity contribution in [1.82, 2.24) is 10.3 Å². The Morgan fingerprint density at radius 2 is 2.28 bits per heavy atom. The minimum atomic E-state index is -0.213. The number of carbonyl (C=O) groups is 1. The van der Waals surface area contributed by atoms with Crippen molar-refractivity contribution in [3.8, 4) is 0 Å². The molecule has 1 amide bonds. The Kier molecular flexibility index (Phi) is 7.19. The van der Waals surface area contributed by atoms with E-state index in [0.29, 0.717) is 41.6 Å². The van der Waals surface area contributed by atoms with E-state index in [2.05, 4.69) is 26.2 Å². The van der Waals surface area contributed by atoms with Crippen molar-refractivity contribution in [1.29, 1.82) is 0 Å². The molecule has 0 bridgehead atoms. The van der Waals surface area contributed by atoms with E-state index >= 15 is 0 Å². The number of hydrogen-bond acceptors (Lipinski definition) is 4. The van der Waals surface area contributed by atoms with Crippen molar-refractivity contribution in [2.45, 2.75) is 0 Å². The SMILES string of the molecule is COCCOCCNC(=O)c1cnc(Cl)c(Br)c1. The molecule has 1 aromatic rings. The van der Waals surface area contributed by atoms with Gasteiger partial charge in [-0.05, 0) is 22.0 Å². The molecule has 0 atom stereocenters. The molecule has 1 heterocycles. The van der Waals surface area contributed by atoms with Gasteiger partial charge in [0.15, 0.2) is 0 Å². The van der Waals surface area contributed by atoms with Crippen LogP contribution in [-0.4, -0.2) is 44.4 Å². The molecule has 0 aliphatic rings. The molecule has 0 saturated heterocycles. The van der Waals surface area contributed by atoms with Gasteiger partial charge in [-0.1, -0.05) is 11.6 Å². The third-order valence-corrected chi connectivity index (χ3v) is 3.16. The van der Waals surface area contributed by atoms with Crippen molar-refractivity contribution >= 4 is 33.4 Å². The van der Waals surface area contributed by atoms with Gasteiger partial charge in [-0.15, -0.1) is 0 Å². The average molecular weight is 338 g/mol. The predicted octanol–water partition coefficient (Wildman–Crippen LogP) is 1.89. The smallest absolute Gasteiger partial charge is 0.252 e. The van der Waals surface area contributed by atoms with Crippen LogP contribution in [0, 0.1) is 0 Å². The Morgan fingerprint density at radius 3 is 2.94 bits per heavy atom. The van der Waals surface area contributed by atoms with Crippen molar-refractivity contribution in [2.75, 3.05) is 33.5 Å². The molecule has 0 saturated carbocycles. The second-order valence-corrected chi connectivity index (χ2v) is 4.57. The maximum absolute atomic E-state index is 11.7. The van der Waals surface area contributed by atoms with Crippen LogP contribution in [0.25, 0.3) is 0 Å². The number of carbonyl (C=O) groups excluding carboxylic acids is 1. The van der Waals surface area contributed by atoms with E-state index in [1.54, 1.807) is 13.2 Å². The zero-order valence-corrected chi connectivity index (χ0v) is 12.3. The fourth-order valence-electron chi connectivity index (χ4n) is 1.13. The maximum atomic E-state index is 11.7. The van der Waals surface area contributed by atoms with Gasteiger partial charge in [-0.3, -0.25) is 4.79 Å². The highest BCUT2D eigenvalue weighted by Crippen LogP contribution is 2.20. The fraction of sp³-hybridized carbons (Fsp3) is 0.455. The average Bonchev–Trinajstić information content (AvgIpc) is 2.36. The molecule has 1 N–H and O–H groups in total. The molecule has 100 valence electrons. The van der Waals surface area contributed by atoms with E-state index < -0.39 is 0 Å². The van der Waals surface area contributed by atoms with E-state index in [1.807, 2.05) is 0 Å². The lowest BCUT2D eigenvalue weighted by Crippen LogP contribution is -2.27. The van der Waals surface area contributed by atoms with Gasteiger partial charge >= 0.3 is 0 Å². The van der Waals surface area contributed by atoms with Crippen LogP contribution in [0.15, 0.2) is 16.7 Å². The number of pyridine rings is 1. The van der Waals surface area contributed by atoms with Crippen LogP contribution < -0.4 is 5.32 Å². The Morgan fingerprint density at radius 1 is 1.50 bits per heavy atom. The number of ether oxygens (including phenoxy) is 2. The summed E-state index contributed by atoms with van der Waals surface area (Å²) in [6.45, 7) is 1.93. The van der Waals surface area contributed by atoms with Gasteiger partial charge in [-0.2, -0.15) is 0 Å². The minimum absolute atomic E-state index is 0.213. The third kappa shape index (κ3) is 5.30. The van der Waals surface area contributed by atoms with E-state index in [0.717, 1.165) is 0 Å². The summed E-state index contributed by atoms with van der Waals surface area (Å²) in [4.78, 5) is 15.6. The van der Waals surface area contributed by atoms with Crippen LogP contribution in [-0.2, 0) is 9.47 Å². The standard InChI is InChI=1S/C11H14BrClN2O3/c1-17-4-5-18-3-2-14-11(16)8-6-9(12)10(13)15-7-8/h6-7H,2-5H2,1H3,(H,14,16). The van der Waals surface area contributed by atoms with Crippen LogP contribution in [0.1, 0.15) is 10.4 Å². The molecule has 0 aliphatic carbocycles. The van der Waals surface area contributed by atoms with Crippen LogP contribution >= 0.6 is 27.5 Å².